The van der Waals surface area contributed by atoms with E-state index in [1.807, 2.05) is 0 Å². The zero-order valence-corrected chi connectivity index (χ0v) is 12.2. The zero-order valence-electron chi connectivity index (χ0n) is 11.4. The Hall–Kier alpha value is -1.31. The van der Waals surface area contributed by atoms with Gasteiger partial charge >= 0.3 is 0 Å². The highest BCUT2D eigenvalue weighted by molar-refractivity contribution is 5.57. The lowest BCUT2D eigenvalue weighted by Gasteiger charge is -2.29. The molecule has 0 aromatic heterocycles. The number of hydrogen-bond donors (Lipinski definition) is 0. The lowest BCUT2D eigenvalue weighted by Crippen LogP contribution is -3.00. The van der Waals surface area contributed by atoms with Crippen molar-refractivity contribution in [2.24, 2.45) is 0 Å². The van der Waals surface area contributed by atoms with Crippen LogP contribution < -0.4 is 16.9 Å². The van der Waals surface area contributed by atoms with Crippen LogP contribution in [0.1, 0.15) is 11.1 Å². The SMILES string of the molecule is Cc1ccc([N+](C)(C)c2ccc(C)cc2)cc1.[Cl-]. The van der Waals surface area contributed by atoms with Crippen LogP contribution in [0.4, 0.5) is 11.4 Å². The molecule has 0 radical (unpaired) electrons. The van der Waals surface area contributed by atoms with E-state index in [2.05, 4.69) is 76.5 Å². The third kappa shape index (κ3) is 2.92. The molecule has 2 aromatic carbocycles. The number of nitrogens with zero attached hydrogens (tertiary/aromatic N) is 1. The maximum absolute atomic E-state index is 2.22. The minimum atomic E-state index is 0. The number of aryl methyl sites for hydroxylation is 2. The highest BCUT2D eigenvalue weighted by atomic mass is 35.5. The largest absolute Gasteiger partial charge is 1.00 e. The van der Waals surface area contributed by atoms with Gasteiger partial charge in [0.25, 0.3) is 0 Å². The Morgan fingerprint density at radius 2 is 0.889 bits per heavy atom. The summed E-state index contributed by atoms with van der Waals surface area (Å²) in [5.41, 5.74) is 5.22. The van der Waals surface area contributed by atoms with Crippen molar-refractivity contribution in [3.05, 3.63) is 59.7 Å². The molecule has 0 N–H and O–H groups in total. The van der Waals surface area contributed by atoms with Crippen molar-refractivity contribution in [1.29, 1.82) is 0 Å². The first kappa shape index (κ1) is 14.7. The smallest absolute Gasteiger partial charge is 0.137 e. The highest BCUT2D eigenvalue weighted by Gasteiger charge is 2.21. The molecule has 0 bridgehead atoms. The van der Waals surface area contributed by atoms with Crippen LogP contribution in [-0.4, -0.2) is 14.1 Å². The molecule has 1 nitrogen and oxygen atoms in total. The standard InChI is InChI=1S/C16H20N.ClH/c1-13-5-9-15(10-6-13)17(3,4)16-11-7-14(2)8-12-16;/h5-12H,1-4H3;1H/q+1;/p-1. The van der Waals surface area contributed by atoms with E-state index in [1.54, 1.807) is 0 Å². The minimum Gasteiger partial charge on any atom is -1.00 e. The molecule has 0 heterocycles. The predicted octanol–water partition coefficient (Wildman–Crippen LogP) is 1.21. The Morgan fingerprint density at radius 3 is 1.17 bits per heavy atom. The third-order valence-corrected chi connectivity index (χ3v) is 3.36. The molecule has 2 aromatic rings. The summed E-state index contributed by atoms with van der Waals surface area (Å²) in [5, 5.41) is 0. The quantitative estimate of drug-likeness (QED) is 0.713. The molecule has 2 heteroatoms. The fourth-order valence-corrected chi connectivity index (χ4v) is 1.98. The fraction of sp³-hybridized carbons (Fsp3) is 0.250. The molecule has 0 saturated carbocycles. The number of halogens is 1. The normalized spacial score (nSPS) is 10.9. The molecular formula is C16H20ClN. The monoisotopic (exact) mass is 261 g/mol. The number of benzene rings is 2. The van der Waals surface area contributed by atoms with Gasteiger partial charge in [-0.05, 0) is 38.1 Å². The predicted molar refractivity (Wildman–Crippen MR) is 75.7 cm³/mol. The summed E-state index contributed by atoms with van der Waals surface area (Å²) >= 11 is 0. The third-order valence-electron chi connectivity index (χ3n) is 3.36. The number of quaternary nitrogens is 1. The molecule has 0 amide bonds. The van der Waals surface area contributed by atoms with E-state index in [0.29, 0.717) is 0 Å². The maximum Gasteiger partial charge on any atom is 0.137 e. The van der Waals surface area contributed by atoms with E-state index in [-0.39, 0.29) is 12.4 Å². The van der Waals surface area contributed by atoms with Gasteiger partial charge in [0, 0.05) is 0 Å². The summed E-state index contributed by atoms with van der Waals surface area (Å²) in [4.78, 5) is 0. The first-order chi connectivity index (χ1) is 8.00. The van der Waals surface area contributed by atoms with Crippen molar-refractivity contribution >= 4 is 11.4 Å². The number of rotatable bonds is 2. The Morgan fingerprint density at radius 1 is 0.611 bits per heavy atom. The van der Waals surface area contributed by atoms with Crippen molar-refractivity contribution in [3.63, 3.8) is 0 Å². The van der Waals surface area contributed by atoms with Gasteiger partial charge in [-0.1, -0.05) is 35.4 Å². The molecule has 0 atom stereocenters. The number of hydrogen-bond acceptors (Lipinski definition) is 0. The van der Waals surface area contributed by atoms with Crippen LogP contribution in [0.5, 0.6) is 0 Å². The van der Waals surface area contributed by atoms with E-state index in [9.17, 15) is 0 Å². The Kier molecular flexibility index (Phi) is 4.55. The minimum absolute atomic E-state index is 0. The van der Waals surface area contributed by atoms with Gasteiger partial charge in [-0.2, -0.15) is 0 Å². The van der Waals surface area contributed by atoms with Gasteiger partial charge < -0.3 is 12.4 Å². The average Bonchev–Trinajstić information content (AvgIpc) is 2.30. The molecule has 96 valence electrons. The van der Waals surface area contributed by atoms with E-state index >= 15 is 0 Å². The molecule has 18 heavy (non-hydrogen) atoms. The topological polar surface area (TPSA) is 0 Å². The summed E-state index contributed by atoms with van der Waals surface area (Å²) in [6.07, 6.45) is 0. The van der Waals surface area contributed by atoms with Gasteiger partial charge in [-0.3, -0.25) is 4.48 Å². The molecule has 0 aliphatic heterocycles. The fourth-order valence-electron chi connectivity index (χ4n) is 1.98. The summed E-state index contributed by atoms with van der Waals surface area (Å²) in [5.74, 6) is 0. The lowest BCUT2D eigenvalue weighted by atomic mass is 10.1. The van der Waals surface area contributed by atoms with Crippen molar-refractivity contribution in [2.75, 3.05) is 14.1 Å². The van der Waals surface area contributed by atoms with Crippen LogP contribution in [0, 0.1) is 13.8 Å². The van der Waals surface area contributed by atoms with Crippen molar-refractivity contribution in [3.8, 4) is 0 Å². The Labute approximate surface area is 116 Å². The van der Waals surface area contributed by atoms with Crippen molar-refractivity contribution in [2.45, 2.75) is 13.8 Å². The second-order valence-electron chi connectivity index (χ2n) is 5.12. The summed E-state index contributed by atoms with van der Waals surface area (Å²) in [6.45, 7) is 4.24. The first-order valence-electron chi connectivity index (χ1n) is 5.98. The van der Waals surface area contributed by atoms with Gasteiger partial charge in [-0.15, -0.1) is 0 Å². The molecule has 0 saturated heterocycles. The van der Waals surface area contributed by atoms with Crippen molar-refractivity contribution in [1.82, 2.24) is 4.48 Å². The summed E-state index contributed by atoms with van der Waals surface area (Å²) in [6, 6.07) is 17.5. The van der Waals surface area contributed by atoms with Gasteiger partial charge in [0.2, 0.25) is 0 Å². The molecule has 0 spiro atoms. The zero-order chi connectivity index (χ0) is 12.5. The maximum atomic E-state index is 2.22. The molecule has 0 aliphatic carbocycles. The summed E-state index contributed by atoms with van der Waals surface area (Å²) in [7, 11) is 4.44. The van der Waals surface area contributed by atoms with Gasteiger partial charge in [0.15, 0.2) is 0 Å². The molecule has 2 rings (SSSR count). The van der Waals surface area contributed by atoms with Crippen LogP contribution >= 0.6 is 0 Å². The molecule has 0 aliphatic rings. The highest BCUT2D eigenvalue weighted by Crippen LogP contribution is 2.30. The lowest BCUT2D eigenvalue weighted by molar-refractivity contribution is -0.00000368. The second-order valence-corrected chi connectivity index (χ2v) is 5.12. The Bertz CT molecular complexity index is 450. The van der Waals surface area contributed by atoms with Crippen LogP contribution in [0.15, 0.2) is 48.5 Å². The van der Waals surface area contributed by atoms with E-state index < -0.39 is 0 Å². The van der Waals surface area contributed by atoms with E-state index in [4.69, 9.17) is 0 Å². The van der Waals surface area contributed by atoms with E-state index in [1.165, 1.54) is 22.5 Å². The van der Waals surface area contributed by atoms with Crippen LogP contribution in [0.3, 0.4) is 0 Å². The molecular weight excluding hydrogens is 242 g/mol. The van der Waals surface area contributed by atoms with Gasteiger partial charge in [0.1, 0.15) is 11.4 Å². The van der Waals surface area contributed by atoms with Gasteiger partial charge in [0.05, 0.1) is 14.1 Å². The Balaban J connectivity index is 0.00000162. The van der Waals surface area contributed by atoms with Gasteiger partial charge in [-0.25, -0.2) is 0 Å². The van der Waals surface area contributed by atoms with Crippen LogP contribution in [-0.2, 0) is 0 Å². The average molecular weight is 262 g/mol. The van der Waals surface area contributed by atoms with Crippen LogP contribution in [0.25, 0.3) is 0 Å². The first-order valence-corrected chi connectivity index (χ1v) is 5.98. The van der Waals surface area contributed by atoms with Crippen LogP contribution in [0.2, 0.25) is 0 Å². The summed E-state index contributed by atoms with van der Waals surface area (Å²) < 4.78 is 0.778. The molecule has 0 fully saturated rings. The second kappa shape index (κ2) is 5.55. The van der Waals surface area contributed by atoms with Crippen molar-refractivity contribution < 1.29 is 12.4 Å². The van der Waals surface area contributed by atoms with E-state index in [0.717, 1.165) is 4.48 Å². The molecule has 0 unspecified atom stereocenters.